The van der Waals surface area contributed by atoms with Gasteiger partial charge in [-0.3, -0.25) is 9.69 Å². The summed E-state index contributed by atoms with van der Waals surface area (Å²) in [5.41, 5.74) is 0. The Balaban J connectivity index is 1.67. The van der Waals surface area contributed by atoms with E-state index in [0.717, 1.165) is 26.2 Å². The second-order valence-corrected chi connectivity index (χ2v) is 4.49. The molecule has 0 saturated carbocycles. The first kappa shape index (κ1) is 10.9. The van der Waals surface area contributed by atoms with Gasteiger partial charge in [0, 0.05) is 39.1 Å². The predicted octanol–water partition coefficient (Wildman–Crippen LogP) is -0.0959. The maximum absolute atomic E-state index is 11.1. The summed E-state index contributed by atoms with van der Waals surface area (Å²) in [6.07, 6.45) is 3.39. The third kappa shape index (κ3) is 3.47. The summed E-state index contributed by atoms with van der Waals surface area (Å²) < 4.78 is 0. The van der Waals surface area contributed by atoms with E-state index in [1.54, 1.807) is 0 Å². The van der Waals surface area contributed by atoms with Gasteiger partial charge in [0.05, 0.1) is 0 Å². The lowest BCUT2D eigenvalue weighted by molar-refractivity contribution is -0.120. The highest BCUT2D eigenvalue weighted by atomic mass is 16.1. The van der Waals surface area contributed by atoms with E-state index in [0.29, 0.717) is 6.42 Å². The number of nitrogens with one attached hydrogen (secondary N) is 1. The molecule has 0 spiro atoms. The van der Waals surface area contributed by atoms with Gasteiger partial charge in [0.25, 0.3) is 0 Å². The fraction of sp³-hybridized carbons (Fsp3) is 0.909. The zero-order valence-corrected chi connectivity index (χ0v) is 9.37. The lowest BCUT2D eigenvalue weighted by Crippen LogP contribution is -2.35. The first-order valence-corrected chi connectivity index (χ1v) is 6.06. The van der Waals surface area contributed by atoms with Crippen LogP contribution in [0.1, 0.15) is 19.3 Å². The minimum absolute atomic E-state index is 0.207. The topological polar surface area (TPSA) is 35.6 Å². The van der Waals surface area contributed by atoms with Crippen LogP contribution in [0.25, 0.3) is 0 Å². The fourth-order valence-corrected chi connectivity index (χ4v) is 2.33. The Morgan fingerprint density at radius 1 is 1.00 bits per heavy atom. The van der Waals surface area contributed by atoms with Crippen molar-refractivity contribution in [2.75, 3.05) is 45.8 Å². The minimum Gasteiger partial charge on any atom is -0.355 e. The van der Waals surface area contributed by atoms with E-state index in [9.17, 15) is 4.79 Å². The molecule has 0 unspecified atom stereocenters. The summed E-state index contributed by atoms with van der Waals surface area (Å²) in [5.74, 6) is 0.207. The van der Waals surface area contributed by atoms with Crippen molar-refractivity contribution in [3.05, 3.63) is 0 Å². The molecular formula is C11H21N3O. The summed E-state index contributed by atoms with van der Waals surface area (Å²) in [6.45, 7) is 7.59. The largest absolute Gasteiger partial charge is 0.355 e. The average molecular weight is 211 g/mol. The summed E-state index contributed by atoms with van der Waals surface area (Å²) in [7, 11) is 0. The molecule has 2 aliphatic rings. The van der Waals surface area contributed by atoms with E-state index in [1.165, 1.54) is 32.5 Å². The van der Waals surface area contributed by atoms with Crippen LogP contribution in [0.2, 0.25) is 0 Å². The summed E-state index contributed by atoms with van der Waals surface area (Å²) in [4.78, 5) is 16.1. The van der Waals surface area contributed by atoms with Gasteiger partial charge >= 0.3 is 0 Å². The van der Waals surface area contributed by atoms with Gasteiger partial charge in [-0.2, -0.15) is 0 Å². The van der Waals surface area contributed by atoms with Gasteiger partial charge in [-0.1, -0.05) is 0 Å². The van der Waals surface area contributed by atoms with Crippen molar-refractivity contribution in [3.63, 3.8) is 0 Å². The van der Waals surface area contributed by atoms with Crippen molar-refractivity contribution < 1.29 is 4.79 Å². The van der Waals surface area contributed by atoms with Crippen molar-refractivity contribution >= 4 is 5.91 Å². The van der Waals surface area contributed by atoms with Gasteiger partial charge in [-0.15, -0.1) is 0 Å². The Morgan fingerprint density at radius 3 is 2.40 bits per heavy atom. The molecule has 2 aliphatic heterocycles. The number of rotatable bonds is 3. The van der Waals surface area contributed by atoms with Gasteiger partial charge in [-0.25, -0.2) is 0 Å². The summed E-state index contributed by atoms with van der Waals surface area (Å²) in [5, 5.41) is 2.91. The Hall–Kier alpha value is -0.610. The van der Waals surface area contributed by atoms with Crippen molar-refractivity contribution in [3.8, 4) is 0 Å². The quantitative estimate of drug-likeness (QED) is 0.708. The Kier molecular flexibility index (Phi) is 3.97. The minimum atomic E-state index is 0.207. The van der Waals surface area contributed by atoms with E-state index in [-0.39, 0.29) is 5.91 Å². The third-order valence-corrected chi connectivity index (χ3v) is 3.34. The number of carbonyl (C=O) groups excluding carboxylic acids is 1. The van der Waals surface area contributed by atoms with Crippen LogP contribution in [0, 0.1) is 0 Å². The maximum Gasteiger partial charge on any atom is 0.221 e. The van der Waals surface area contributed by atoms with Gasteiger partial charge in [-0.05, 0) is 25.9 Å². The molecule has 15 heavy (non-hydrogen) atoms. The molecule has 2 heterocycles. The van der Waals surface area contributed by atoms with Crippen molar-refractivity contribution in [2.24, 2.45) is 0 Å². The second-order valence-electron chi connectivity index (χ2n) is 4.49. The van der Waals surface area contributed by atoms with E-state index in [2.05, 4.69) is 15.1 Å². The first-order valence-electron chi connectivity index (χ1n) is 6.06. The van der Waals surface area contributed by atoms with E-state index < -0.39 is 0 Å². The number of hydrogen-bond donors (Lipinski definition) is 1. The Morgan fingerprint density at radius 2 is 1.67 bits per heavy atom. The van der Waals surface area contributed by atoms with Crippen molar-refractivity contribution in [2.45, 2.75) is 19.3 Å². The van der Waals surface area contributed by atoms with Gasteiger partial charge in [0.2, 0.25) is 5.91 Å². The highest BCUT2D eigenvalue weighted by Crippen LogP contribution is 2.07. The number of likely N-dealkylation sites (tertiary alicyclic amines) is 1. The summed E-state index contributed by atoms with van der Waals surface area (Å²) in [6, 6.07) is 0. The molecule has 1 amide bonds. The average Bonchev–Trinajstić information content (AvgIpc) is 2.66. The standard InChI is InChI=1S/C11H21N3O/c15-11-3-7-14(8-4-12-11)10-9-13-5-1-2-6-13/h1-10H2,(H,12,15). The molecule has 0 bridgehead atoms. The monoisotopic (exact) mass is 211 g/mol. The van der Waals surface area contributed by atoms with Crippen molar-refractivity contribution in [1.29, 1.82) is 0 Å². The SMILES string of the molecule is O=C1CCN(CCN2CCCC2)CCN1. The van der Waals surface area contributed by atoms with Gasteiger partial charge in [0.15, 0.2) is 0 Å². The van der Waals surface area contributed by atoms with Crippen LogP contribution >= 0.6 is 0 Å². The smallest absolute Gasteiger partial charge is 0.221 e. The molecule has 0 aromatic heterocycles. The normalized spacial score (nSPS) is 25.2. The van der Waals surface area contributed by atoms with Crippen LogP contribution in [0.3, 0.4) is 0 Å². The maximum atomic E-state index is 11.1. The van der Waals surface area contributed by atoms with Crippen LogP contribution in [-0.2, 0) is 4.79 Å². The number of hydrogen-bond acceptors (Lipinski definition) is 3. The molecule has 2 saturated heterocycles. The molecule has 0 aromatic rings. The molecule has 86 valence electrons. The molecular weight excluding hydrogens is 190 g/mol. The number of nitrogens with zero attached hydrogens (tertiary/aromatic N) is 2. The Labute approximate surface area is 91.6 Å². The molecule has 0 aliphatic carbocycles. The number of amides is 1. The van der Waals surface area contributed by atoms with Crippen LogP contribution in [-0.4, -0.2) is 61.5 Å². The third-order valence-electron chi connectivity index (χ3n) is 3.34. The zero-order chi connectivity index (χ0) is 10.5. The Bertz CT molecular complexity index is 214. The van der Waals surface area contributed by atoms with E-state index in [1.807, 2.05) is 0 Å². The van der Waals surface area contributed by atoms with Crippen molar-refractivity contribution in [1.82, 2.24) is 15.1 Å². The lowest BCUT2D eigenvalue weighted by atomic mass is 10.3. The summed E-state index contributed by atoms with van der Waals surface area (Å²) >= 11 is 0. The number of carbonyl (C=O) groups is 1. The van der Waals surface area contributed by atoms with Crippen LogP contribution in [0.5, 0.6) is 0 Å². The zero-order valence-electron chi connectivity index (χ0n) is 9.37. The fourth-order valence-electron chi connectivity index (χ4n) is 2.33. The molecule has 2 fully saturated rings. The molecule has 2 rings (SSSR count). The predicted molar refractivity (Wildman–Crippen MR) is 59.7 cm³/mol. The van der Waals surface area contributed by atoms with Gasteiger partial charge in [0.1, 0.15) is 0 Å². The molecule has 1 N–H and O–H groups in total. The van der Waals surface area contributed by atoms with E-state index in [4.69, 9.17) is 0 Å². The van der Waals surface area contributed by atoms with Crippen LogP contribution < -0.4 is 5.32 Å². The van der Waals surface area contributed by atoms with Crippen LogP contribution in [0.15, 0.2) is 0 Å². The lowest BCUT2D eigenvalue weighted by Gasteiger charge is -2.22. The molecule has 0 aromatic carbocycles. The second kappa shape index (κ2) is 5.47. The molecule has 4 nitrogen and oxygen atoms in total. The molecule has 0 atom stereocenters. The first-order chi connectivity index (χ1) is 7.34. The highest BCUT2D eigenvalue weighted by molar-refractivity contribution is 5.76. The van der Waals surface area contributed by atoms with Gasteiger partial charge < -0.3 is 10.2 Å². The van der Waals surface area contributed by atoms with E-state index >= 15 is 0 Å². The molecule has 0 radical (unpaired) electrons. The highest BCUT2D eigenvalue weighted by Gasteiger charge is 2.15. The molecule has 4 heteroatoms. The van der Waals surface area contributed by atoms with Crippen LogP contribution in [0.4, 0.5) is 0 Å².